The minimum Gasteiger partial charge on any atom is -0.316 e. The first-order valence-electron chi connectivity index (χ1n) is 7.51. The van der Waals surface area contributed by atoms with Crippen LogP contribution in [0.4, 0.5) is 0 Å². The lowest BCUT2D eigenvalue weighted by molar-refractivity contribution is 0.737. The van der Waals surface area contributed by atoms with Gasteiger partial charge in [0.1, 0.15) is 0 Å². The molecular formula is C16H20N4. The number of aromatic nitrogens is 2. The van der Waals surface area contributed by atoms with E-state index in [1.807, 2.05) is 0 Å². The van der Waals surface area contributed by atoms with Crippen molar-refractivity contribution in [3.8, 4) is 0 Å². The fourth-order valence-electron chi connectivity index (χ4n) is 3.39. The fourth-order valence-corrected chi connectivity index (χ4v) is 3.39. The largest absolute Gasteiger partial charge is 0.316 e. The summed E-state index contributed by atoms with van der Waals surface area (Å²) in [6, 6.07) is 6.60. The van der Waals surface area contributed by atoms with E-state index in [2.05, 4.69) is 45.1 Å². The predicted molar refractivity (Wildman–Crippen MR) is 81.8 cm³/mol. The lowest BCUT2D eigenvalue weighted by atomic mass is 9.95. The Labute approximate surface area is 118 Å². The van der Waals surface area contributed by atoms with Gasteiger partial charge in [0, 0.05) is 18.5 Å². The van der Waals surface area contributed by atoms with Crippen molar-refractivity contribution in [1.82, 2.24) is 20.8 Å². The normalized spacial score (nSPS) is 23.2. The number of nitrogens with one attached hydrogen (secondary N) is 3. The van der Waals surface area contributed by atoms with Crippen LogP contribution >= 0.6 is 0 Å². The van der Waals surface area contributed by atoms with Gasteiger partial charge in [-0.05, 0) is 43.0 Å². The van der Waals surface area contributed by atoms with Crippen LogP contribution in [0.3, 0.4) is 0 Å². The molecule has 4 nitrogen and oxygen atoms in total. The molecule has 1 aromatic carbocycles. The average molecular weight is 268 g/mol. The lowest BCUT2D eigenvalue weighted by Crippen LogP contribution is -2.21. The van der Waals surface area contributed by atoms with Crippen LogP contribution in [0, 0.1) is 0 Å². The van der Waals surface area contributed by atoms with Crippen molar-refractivity contribution < 1.29 is 0 Å². The van der Waals surface area contributed by atoms with E-state index in [0.717, 1.165) is 38.1 Å². The van der Waals surface area contributed by atoms with Gasteiger partial charge in [0.15, 0.2) is 0 Å². The van der Waals surface area contributed by atoms with Crippen molar-refractivity contribution in [2.45, 2.75) is 18.8 Å². The molecule has 0 bridgehead atoms. The minimum absolute atomic E-state index is 0.605. The number of para-hydroxylation sites is 1. The Morgan fingerprint density at radius 1 is 1.15 bits per heavy atom. The number of aromatic amines is 1. The van der Waals surface area contributed by atoms with Gasteiger partial charge in [-0.25, -0.2) is 0 Å². The highest BCUT2D eigenvalue weighted by atomic mass is 15.1. The van der Waals surface area contributed by atoms with Crippen molar-refractivity contribution in [2.75, 3.05) is 26.2 Å². The number of rotatable bonds is 2. The second-order valence-corrected chi connectivity index (χ2v) is 5.73. The molecule has 1 aromatic heterocycles. The zero-order valence-corrected chi connectivity index (χ0v) is 11.6. The molecule has 2 aliphatic heterocycles. The molecule has 3 N–H and O–H groups in total. The van der Waals surface area contributed by atoms with Gasteiger partial charge < -0.3 is 10.6 Å². The zero-order valence-electron chi connectivity index (χ0n) is 11.6. The molecule has 1 saturated heterocycles. The fraction of sp³-hybridized carbons (Fsp3) is 0.438. The summed E-state index contributed by atoms with van der Waals surface area (Å²) in [5.74, 6) is 0.605. The number of H-pyrrole nitrogens is 1. The molecule has 4 rings (SSSR count). The van der Waals surface area contributed by atoms with Gasteiger partial charge in [0.25, 0.3) is 0 Å². The van der Waals surface area contributed by atoms with Crippen molar-refractivity contribution >= 4 is 16.5 Å². The third-order valence-electron chi connectivity index (χ3n) is 4.46. The Bertz CT molecular complexity index is 650. The first kappa shape index (κ1) is 12.1. The summed E-state index contributed by atoms with van der Waals surface area (Å²) in [7, 11) is 0. The Morgan fingerprint density at radius 3 is 2.95 bits per heavy atom. The van der Waals surface area contributed by atoms with E-state index >= 15 is 0 Å². The second kappa shape index (κ2) is 5.04. The molecule has 1 fully saturated rings. The molecule has 0 saturated carbocycles. The van der Waals surface area contributed by atoms with Crippen molar-refractivity contribution in [2.24, 2.45) is 0 Å². The monoisotopic (exact) mass is 268 g/mol. The molecule has 1 atom stereocenters. The van der Waals surface area contributed by atoms with E-state index < -0.39 is 0 Å². The van der Waals surface area contributed by atoms with Crippen molar-refractivity contribution in [1.29, 1.82) is 0 Å². The van der Waals surface area contributed by atoms with E-state index in [1.54, 1.807) is 0 Å². The molecule has 0 aliphatic carbocycles. The van der Waals surface area contributed by atoms with E-state index in [4.69, 9.17) is 0 Å². The van der Waals surface area contributed by atoms with E-state index in [0.29, 0.717) is 5.92 Å². The summed E-state index contributed by atoms with van der Waals surface area (Å²) in [6.07, 6.45) is 4.64. The summed E-state index contributed by atoms with van der Waals surface area (Å²) in [4.78, 5) is 0. The van der Waals surface area contributed by atoms with Crippen LogP contribution in [0.5, 0.6) is 0 Å². The van der Waals surface area contributed by atoms with Gasteiger partial charge in [-0.1, -0.05) is 24.3 Å². The highest BCUT2D eigenvalue weighted by molar-refractivity contribution is 5.92. The maximum absolute atomic E-state index is 4.62. The molecular weight excluding hydrogens is 248 g/mol. The Hall–Kier alpha value is -1.65. The third kappa shape index (κ3) is 1.96. The maximum Gasteiger partial charge on any atom is 0.0962 e. The van der Waals surface area contributed by atoms with Crippen LogP contribution in [0.1, 0.15) is 30.0 Å². The third-order valence-corrected chi connectivity index (χ3v) is 4.46. The van der Waals surface area contributed by atoms with Gasteiger partial charge >= 0.3 is 0 Å². The molecule has 0 spiro atoms. The topological polar surface area (TPSA) is 52.7 Å². The second-order valence-electron chi connectivity index (χ2n) is 5.73. The molecule has 2 aliphatic rings. The summed E-state index contributed by atoms with van der Waals surface area (Å²) in [6.45, 7) is 4.21. The van der Waals surface area contributed by atoms with Crippen molar-refractivity contribution in [3.05, 3.63) is 35.5 Å². The SMILES string of the molecule is C1=C(c2[nH]nc3c([C@@H]4CCNC4)cccc23)CNCC1. The first-order chi connectivity index (χ1) is 9.93. The van der Waals surface area contributed by atoms with Crippen LogP contribution in [0.2, 0.25) is 0 Å². The molecule has 4 heteroatoms. The van der Waals surface area contributed by atoms with Gasteiger partial charge in [-0.15, -0.1) is 0 Å². The van der Waals surface area contributed by atoms with Crippen molar-refractivity contribution in [3.63, 3.8) is 0 Å². The zero-order chi connectivity index (χ0) is 13.4. The smallest absolute Gasteiger partial charge is 0.0962 e. The van der Waals surface area contributed by atoms with Gasteiger partial charge in [0.2, 0.25) is 0 Å². The number of fused-ring (bicyclic) bond motifs is 1. The molecule has 104 valence electrons. The predicted octanol–water partition coefficient (Wildman–Crippen LogP) is 2.02. The van der Waals surface area contributed by atoms with Gasteiger partial charge in [-0.2, -0.15) is 5.10 Å². The minimum atomic E-state index is 0.605. The standard InChI is InChI=1S/C16H20N4/c1-4-13(11-6-8-18-9-11)16-14(5-1)15(19-20-16)12-3-2-7-17-10-12/h1,3-5,11,17-18H,2,6-10H2,(H,19,20)/t11-/m1/s1. The Morgan fingerprint density at radius 2 is 2.15 bits per heavy atom. The molecule has 3 heterocycles. The lowest BCUT2D eigenvalue weighted by Gasteiger charge is -2.13. The summed E-state index contributed by atoms with van der Waals surface area (Å²) in [5, 5.41) is 16.0. The maximum atomic E-state index is 4.62. The van der Waals surface area contributed by atoms with E-state index in [1.165, 1.54) is 28.6 Å². The molecule has 0 unspecified atom stereocenters. The summed E-state index contributed by atoms with van der Waals surface area (Å²) in [5.41, 5.74) is 5.09. The number of hydrogen-bond acceptors (Lipinski definition) is 3. The van der Waals surface area contributed by atoms with Crippen LogP contribution in [-0.2, 0) is 0 Å². The Balaban J connectivity index is 1.81. The summed E-state index contributed by atoms with van der Waals surface area (Å²) < 4.78 is 0. The summed E-state index contributed by atoms with van der Waals surface area (Å²) >= 11 is 0. The van der Waals surface area contributed by atoms with Gasteiger partial charge in [-0.3, -0.25) is 5.10 Å². The number of hydrogen-bond donors (Lipinski definition) is 3. The van der Waals surface area contributed by atoms with Crippen LogP contribution in [0.25, 0.3) is 16.5 Å². The van der Waals surface area contributed by atoms with E-state index in [-0.39, 0.29) is 0 Å². The highest BCUT2D eigenvalue weighted by Gasteiger charge is 2.21. The average Bonchev–Trinajstić information content (AvgIpc) is 3.17. The molecule has 0 radical (unpaired) electrons. The molecule has 0 amide bonds. The number of nitrogens with zero attached hydrogens (tertiary/aromatic N) is 1. The van der Waals surface area contributed by atoms with Crippen LogP contribution in [0.15, 0.2) is 24.3 Å². The van der Waals surface area contributed by atoms with Crippen LogP contribution in [-0.4, -0.2) is 36.4 Å². The quantitative estimate of drug-likeness (QED) is 0.781. The molecule has 2 aromatic rings. The number of benzene rings is 1. The van der Waals surface area contributed by atoms with E-state index in [9.17, 15) is 0 Å². The highest BCUT2D eigenvalue weighted by Crippen LogP contribution is 2.31. The van der Waals surface area contributed by atoms with Gasteiger partial charge in [0.05, 0.1) is 11.2 Å². The Kier molecular flexibility index (Phi) is 3.05. The first-order valence-corrected chi connectivity index (χ1v) is 7.51. The molecule has 20 heavy (non-hydrogen) atoms. The van der Waals surface area contributed by atoms with Crippen LogP contribution < -0.4 is 10.6 Å².